The minimum atomic E-state index is -3.33. The van der Waals surface area contributed by atoms with E-state index in [2.05, 4.69) is 23.8 Å². The highest BCUT2D eigenvalue weighted by Crippen LogP contribution is 2.36. The first-order valence-electron chi connectivity index (χ1n) is 15.7. The van der Waals surface area contributed by atoms with Crippen LogP contribution in [0.1, 0.15) is 59.3 Å². The molecule has 0 spiro atoms. The van der Waals surface area contributed by atoms with Gasteiger partial charge in [0, 0.05) is 42.9 Å². The zero-order chi connectivity index (χ0) is 33.5. The van der Waals surface area contributed by atoms with Gasteiger partial charge >= 0.3 is 0 Å². The van der Waals surface area contributed by atoms with Crippen molar-refractivity contribution in [2.24, 2.45) is 0 Å². The molecule has 0 saturated carbocycles. The second kappa shape index (κ2) is 13.0. The lowest BCUT2D eigenvalue weighted by atomic mass is 10.0. The van der Waals surface area contributed by atoms with Gasteiger partial charge in [-0.15, -0.1) is 0 Å². The average Bonchev–Trinajstić information content (AvgIpc) is 3.60. The van der Waals surface area contributed by atoms with Crippen molar-refractivity contribution >= 4 is 27.5 Å². The molecule has 47 heavy (non-hydrogen) atoms. The number of piperidine rings is 1. The summed E-state index contributed by atoms with van der Waals surface area (Å²) in [4.78, 5) is 16.2. The van der Waals surface area contributed by atoms with Gasteiger partial charge in [-0.05, 0) is 92.8 Å². The molecule has 1 fully saturated rings. The second-order valence-electron chi connectivity index (χ2n) is 12.7. The van der Waals surface area contributed by atoms with Gasteiger partial charge in [-0.2, -0.15) is 5.10 Å². The number of Topliss-reactive ketones (excluding diaryl/α,β-unsaturated/α-hetero) is 1. The summed E-state index contributed by atoms with van der Waals surface area (Å²) in [6, 6.07) is 15.6. The Morgan fingerprint density at radius 3 is 2.51 bits per heavy atom. The first kappa shape index (κ1) is 32.5. The van der Waals surface area contributed by atoms with Crippen molar-refractivity contribution in [2.45, 2.75) is 57.9 Å². The molecule has 1 aliphatic heterocycles. The molecule has 2 N–H and O–H groups in total. The lowest BCUT2D eigenvalue weighted by molar-refractivity contribution is 0.0837. The summed E-state index contributed by atoms with van der Waals surface area (Å²) < 4.78 is 52.4. The van der Waals surface area contributed by atoms with Crippen molar-refractivity contribution in [1.29, 1.82) is 0 Å². The number of aromatic nitrogens is 2. The highest BCUT2D eigenvalue weighted by Gasteiger charge is 2.28. The molecule has 2 aliphatic rings. The number of nitrogens with two attached hydrogens (primary N) is 1. The molecular weight excluding hydrogens is 619 g/mol. The van der Waals surface area contributed by atoms with Crippen LogP contribution in [-0.2, 0) is 22.0 Å². The van der Waals surface area contributed by atoms with E-state index in [0.29, 0.717) is 40.8 Å². The number of ketones is 1. The maximum Gasteiger partial charge on any atom is 0.194 e. The molecule has 1 saturated heterocycles. The lowest BCUT2D eigenvalue weighted by Crippen LogP contribution is -2.41. The molecule has 4 aromatic rings. The Morgan fingerprint density at radius 2 is 1.83 bits per heavy atom. The van der Waals surface area contributed by atoms with E-state index in [1.165, 1.54) is 23.2 Å². The van der Waals surface area contributed by atoms with E-state index in [1.54, 1.807) is 36.4 Å². The van der Waals surface area contributed by atoms with Crippen molar-refractivity contribution in [1.82, 2.24) is 14.7 Å². The van der Waals surface area contributed by atoms with Crippen LogP contribution in [0.15, 0.2) is 66.4 Å². The highest BCUT2D eigenvalue weighted by atomic mass is 32.2. The fourth-order valence-corrected chi connectivity index (χ4v) is 7.04. The number of anilines is 1. The molecule has 0 unspecified atom stereocenters. The van der Waals surface area contributed by atoms with Crippen LogP contribution in [0, 0.1) is 12.7 Å². The quantitative estimate of drug-likeness (QED) is 0.197. The number of hydrogen-bond donors (Lipinski definition) is 1. The average molecular weight is 659 g/mol. The van der Waals surface area contributed by atoms with Gasteiger partial charge in [0.25, 0.3) is 0 Å². The normalized spacial score (nSPS) is 15.5. The predicted octanol–water partition coefficient (Wildman–Crippen LogP) is 6.31. The van der Waals surface area contributed by atoms with Gasteiger partial charge in [0.15, 0.2) is 27.2 Å². The van der Waals surface area contributed by atoms with Crippen LogP contribution in [0.4, 0.5) is 10.2 Å². The zero-order valence-electron chi connectivity index (χ0n) is 27.0. The molecule has 1 aliphatic carbocycles. The number of halogens is 1. The predicted molar refractivity (Wildman–Crippen MR) is 181 cm³/mol. The van der Waals surface area contributed by atoms with Crippen LogP contribution >= 0.6 is 0 Å². The minimum absolute atomic E-state index is 0.0120. The number of hydrogen-bond acceptors (Lipinski definition) is 8. The molecule has 0 radical (unpaired) electrons. The fraction of sp³-hybridized carbons (Fsp3) is 0.333. The van der Waals surface area contributed by atoms with Crippen molar-refractivity contribution in [3.05, 3.63) is 100 Å². The maximum atomic E-state index is 14.1. The number of sulfone groups is 1. The molecule has 246 valence electrons. The third-order valence-electron chi connectivity index (χ3n) is 8.75. The van der Waals surface area contributed by atoms with Gasteiger partial charge in [-0.25, -0.2) is 17.5 Å². The molecule has 2 heterocycles. The number of aryl methyl sites for hydroxylation is 1. The van der Waals surface area contributed by atoms with Crippen LogP contribution in [0.5, 0.6) is 17.2 Å². The van der Waals surface area contributed by atoms with Crippen LogP contribution in [0.2, 0.25) is 0 Å². The number of allylic oxidation sites excluding steroid dienone is 1. The minimum Gasteiger partial charge on any atom is -0.490 e. The molecule has 0 bridgehead atoms. The summed E-state index contributed by atoms with van der Waals surface area (Å²) >= 11 is 0. The van der Waals surface area contributed by atoms with E-state index in [4.69, 9.17) is 15.2 Å². The van der Waals surface area contributed by atoms with E-state index in [1.807, 2.05) is 25.1 Å². The molecule has 9 nitrogen and oxygen atoms in total. The SMILES string of the molecule is Cc1cc(Oc2ccccc2F)ccc1-n1ncc(C(=O)C2=Cc3cc(OC4CCN(C(C)C)CC4)c(CS(C)(=O)=O)cc3C2)c1N. The molecule has 0 amide bonds. The first-order valence-corrected chi connectivity index (χ1v) is 17.8. The van der Waals surface area contributed by atoms with Gasteiger partial charge in [0.1, 0.15) is 23.4 Å². The number of likely N-dealkylation sites (tertiary alicyclic amines) is 1. The Labute approximate surface area is 274 Å². The summed E-state index contributed by atoms with van der Waals surface area (Å²) in [7, 11) is -3.33. The van der Waals surface area contributed by atoms with Gasteiger partial charge in [-0.3, -0.25) is 4.79 Å². The van der Waals surface area contributed by atoms with E-state index < -0.39 is 15.7 Å². The number of para-hydroxylation sites is 1. The monoisotopic (exact) mass is 658 g/mol. The van der Waals surface area contributed by atoms with Gasteiger partial charge in [0.2, 0.25) is 0 Å². The smallest absolute Gasteiger partial charge is 0.194 e. The topological polar surface area (TPSA) is 117 Å². The Morgan fingerprint density at radius 1 is 1.09 bits per heavy atom. The highest BCUT2D eigenvalue weighted by molar-refractivity contribution is 7.89. The number of benzene rings is 3. The molecule has 3 aromatic carbocycles. The van der Waals surface area contributed by atoms with Gasteiger partial charge in [-0.1, -0.05) is 18.2 Å². The Kier molecular flexibility index (Phi) is 8.95. The summed E-state index contributed by atoms with van der Waals surface area (Å²) in [5, 5.41) is 4.42. The first-order chi connectivity index (χ1) is 22.4. The number of carbonyl (C=O) groups excluding carboxylic acids is 1. The van der Waals surface area contributed by atoms with Crippen LogP contribution in [0.25, 0.3) is 11.8 Å². The van der Waals surface area contributed by atoms with E-state index in [0.717, 1.165) is 42.6 Å². The number of fused-ring (bicyclic) bond motifs is 1. The fourth-order valence-electron chi connectivity index (χ4n) is 6.24. The largest absolute Gasteiger partial charge is 0.490 e. The van der Waals surface area contributed by atoms with E-state index in [-0.39, 0.29) is 34.8 Å². The summed E-state index contributed by atoms with van der Waals surface area (Å²) in [5.74, 6) is 0.440. The molecule has 0 atom stereocenters. The van der Waals surface area contributed by atoms with E-state index in [9.17, 15) is 17.6 Å². The Hall–Kier alpha value is -4.48. The van der Waals surface area contributed by atoms with Crippen LogP contribution < -0.4 is 15.2 Å². The third-order valence-corrected chi connectivity index (χ3v) is 9.59. The number of nitrogens with zero attached hydrogens (tertiary/aromatic N) is 3. The Balaban J connectivity index is 1.22. The summed E-state index contributed by atoms with van der Waals surface area (Å²) in [6.07, 6.45) is 6.54. The number of carbonyl (C=O) groups is 1. The second-order valence-corrected chi connectivity index (χ2v) is 14.8. The number of rotatable bonds is 10. The summed E-state index contributed by atoms with van der Waals surface area (Å²) in [6.45, 7) is 8.06. The number of ether oxygens (including phenoxy) is 2. The Bertz CT molecular complexity index is 1980. The summed E-state index contributed by atoms with van der Waals surface area (Å²) in [5.41, 5.74) is 11.0. The van der Waals surface area contributed by atoms with Crippen molar-refractivity contribution in [3.63, 3.8) is 0 Å². The zero-order valence-corrected chi connectivity index (χ0v) is 27.8. The maximum absolute atomic E-state index is 14.1. The van der Waals surface area contributed by atoms with Gasteiger partial charge in [0.05, 0.1) is 23.2 Å². The van der Waals surface area contributed by atoms with Gasteiger partial charge < -0.3 is 20.1 Å². The molecule has 6 rings (SSSR count). The van der Waals surface area contributed by atoms with Crippen LogP contribution in [-0.4, -0.2) is 60.4 Å². The van der Waals surface area contributed by atoms with Crippen LogP contribution in [0.3, 0.4) is 0 Å². The molecular formula is C36H39FN4O5S. The lowest BCUT2D eigenvalue weighted by Gasteiger charge is -2.35. The van der Waals surface area contributed by atoms with Crippen molar-refractivity contribution in [3.8, 4) is 22.9 Å². The van der Waals surface area contributed by atoms with E-state index >= 15 is 0 Å². The van der Waals surface area contributed by atoms with Crippen molar-refractivity contribution in [2.75, 3.05) is 25.1 Å². The molecule has 1 aromatic heterocycles. The molecule has 11 heteroatoms. The standard InChI is InChI=1S/C36H39FN4O5S/c1-22(2)40-13-11-28(12-14-40)45-34-19-25-17-26(16-24(25)18-27(34)21-47(4,43)44)35(42)30-20-39-41(36(30)38)32-10-9-29(15-23(32)3)46-33-8-6-5-7-31(33)37/h5-10,15,17-20,22,28H,11-14,16,21,38H2,1-4H3. The number of nitrogen functional groups attached to an aromatic ring is 1. The van der Waals surface area contributed by atoms with Crippen molar-refractivity contribution < 1.29 is 27.1 Å². The third kappa shape index (κ3) is 7.11.